The molecule has 0 atom stereocenters. The van der Waals surface area contributed by atoms with E-state index in [0.717, 1.165) is 25.7 Å². The number of amides is 1. The number of anilines is 1. The molecule has 1 saturated carbocycles. The predicted octanol–water partition coefficient (Wildman–Crippen LogP) is 3.38. The van der Waals surface area contributed by atoms with E-state index in [4.69, 9.17) is 16.3 Å². The minimum absolute atomic E-state index is 0.165. The molecule has 1 aromatic rings. The number of nitrogens with one attached hydrogen (secondary N) is 2. The first-order valence-corrected chi connectivity index (χ1v) is 7.93. The fraction of sp³-hybridized carbons (Fsp3) is 0.667. The molecule has 1 aliphatic carbocycles. The van der Waals surface area contributed by atoms with Crippen LogP contribution in [0.1, 0.15) is 46.5 Å². The minimum atomic E-state index is -0.464. The molecule has 22 heavy (non-hydrogen) atoms. The zero-order chi connectivity index (χ0) is 16.2. The van der Waals surface area contributed by atoms with E-state index in [2.05, 4.69) is 20.6 Å². The molecule has 0 bridgehead atoms. The summed E-state index contributed by atoms with van der Waals surface area (Å²) in [6.45, 7) is 5.58. The van der Waals surface area contributed by atoms with Crippen LogP contribution >= 0.6 is 11.6 Å². The maximum atomic E-state index is 11.8. The van der Waals surface area contributed by atoms with E-state index < -0.39 is 5.60 Å². The smallest absolute Gasteiger partial charge is 0.407 e. The highest BCUT2D eigenvalue weighted by Gasteiger charge is 2.24. The van der Waals surface area contributed by atoms with Crippen LogP contribution in [0.15, 0.2) is 12.4 Å². The van der Waals surface area contributed by atoms with Gasteiger partial charge in [-0.1, -0.05) is 11.6 Å². The molecular formula is C15H23ClN4O2. The Kier molecular flexibility index (Phi) is 5.45. The van der Waals surface area contributed by atoms with Gasteiger partial charge in [-0.15, -0.1) is 0 Å². The van der Waals surface area contributed by atoms with Gasteiger partial charge in [-0.3, -0.25) is 4.98 Å². The van der Waals surface area contributed by atoms with Crippen LogP contribution in [-0.4, -0.2) is 33.7 Å². The molecule has 1 aliphatic rings. The number of aromatic nitrogens is 2. The highest BCUT2D eigenvalue weighted by Crippen LogP contribution is 2.22. The Balaban J connectivity index is 1.75. The quantitative estimate of drug-likeness (QED) is 0.890. The van der Waals surface area contributed by atoms with Crippen LogP contribution in [0.4, 0.5) is 10.6 Å². The average Bonchev–Trinajstić information content (AvgIpc) is 2.39. The highest BCUT2D eigenvalue weighted by atomic mass is 35.5. The number of ether oxygens (including phenoxy) is 1. The lowest BCUT2D eigenvalue weighted by atomic mass is 9.91. The molecule has 1 amide bonds. The number of nitrogens with zero attached hydrogens (tertiary/aromatic N) is 2. The van der Waals surface area contributed by atoms with E-state index in [0.29, 0.717) is 17.0 Å². The summed E-state index contributed by atoms with van der Waals surface area (Å²) in [4.78, 5) is 19.9. The molecule has 2 rings (SSSR count). The lowest BCUT2D eigenvalue weighted by Gasteiger charge is -2.30. The highest BCUT2D eigenvalue weighted by molar-refractivity contribution is 6.29. The first-order chi connectivity index (χ1) is 10.3. The number of carbonyl (C=O) groups excluding carboxylic acids is 1. The lowest BCUT2D eigenvalue weighted by Crippen LogP contribution is -2.42. The molecule has 0 spiro atoms. The number of hydrogen-bond acceptors (Lipinski definition) is 5. The molecule has 0 aliphatic heterocycles. The molecule has 0 unspecified atom stereocenters. The normalized spacial score (nSPS) is 22.0. The maximum absolute atomic E-state index is 11.8. The van der Waals surface area contributed by atoms with Crippen LogP contribution in [0.5, 0.6) is 0 Å². The maximum Gasteiger partial charge on any atom is 0.407 e. The lowest BCUT2D eigenvalue weighted by molar-refractivity contribution is 0.0492. The second-order valence-electron chi connectivity index (χ2n) is 6.57. The Morgan fingerprint density at radius 2 is 1.86 bits per heavy atom. The first-order valence-electron chi connectivity index (χ1n) is 7.55. The first kappa shape index (κ1) is 16.8. The molecule has 0 saturated heterocycles. The van der Waals surface area contributed by atoms with Crippen LogP contribution in [0.3, 0.4) is 0 Å². The van der Waals surface area contributed by atoms with Gasteiger partial charge in [0.05, 0.1) is 12.4 Å². The summed E-state index contributed by atoms with van der Waals surface area (Å²) in [5.74, 6) is 0.691. The van der Waals surface area contributed by atoms with Crippen molar-refractivity contribution in [2.45, 2.75) is 64.1 Å². The fourth-order valence-electron chi connectivity index (χ4n) is 2.48. The molecule has 122 valence electrons. The molecule has 0 aromatic carbocycles. The summed E-state index contributed by atoms with van der Waals surface area (Å²) in [7, 11) is 0. The van der Waals surface area contributed by atoms with Crippen LogP contribution in [0.25, 0.3) is 0 Å². The predicted molar refractivity (Wildman–Crippen MR) is 86.1 cm³/mol. The third kappa shape index (κ3) is 5.67. The van der Waals surface area contributed by atoms with Crippen molar-refractivity contribution in [3.8, 4) is 0 Å². The zero-order valence-corrected chi connectivity index (χ0v) is 14.0. The summed E-state index contributed by atoms with van der Waals surface area (Å²) in [6, 6.07) is 0.489. The van der Waals surface area contributed by atoms with Crippen molar-refractivity contribution in [2.24, 2.45) is 0 Å². The van der Waals surface area contributed by atoms with Gasteiger partial charge < -0.3 is 15.4 Å². The number of hydrogen-bond donors (Lipinski definition) is 2. The number of rotatable bonds is 3. The Hall–Kier alpha value is -1.56. The van der Waals surface area contributed by atoms with Crippen molar-refractivity contribution in [2.75, 3.05) is 5.32 Å². The van der Waals surface area contributed by atoms with Crippen molar-refractivity contribution in [1.29, 1.82) is 0 Å². The van der Waals surface area contributed by atoms with Crippen molar-refractivity contribution >= 4 is 23.5 Å². The Morgan fingerprint density at radius 3 is 2.45 bits per heavy atom. The van der Waals surface area contributed by atoms with Gasteiger partial charge in [0.1, 0.15) is 16.6 Å². The van der Waals surface area contributed by atoms with Gasteiger partial charge in [-0.05, 0) is 46.5 Å². The van der Waals surface area contributed by atoms with Gasteiger partial charge in [0, 0.05) is 12.1 Å². The zero-order valence-electron chi connectivity index (χ0n) is 13.2. The van der Waals surface area contributed by atoms with E-state index in [1.165, 1.54) is 6.20 Å². The third-order valence-corrected chi connectivity index (χ3v) is 3.59. The summed E-state index contributed by atoms with van der Waals surface area (Å²) in [6.07, 6.45) is 6.55. The molecule has 0 radical (unpaired) electrons. The van der Waals surface area contributed by atoms with E-state index in [9.17, 15) is 4.79 Å². The number of carbonyl (C=O) groups is 1. The van der Waals surface area contributed by atoms with E-state index in [1.54, 1.807) is 6.20 Å². The summed E-state index contributed by atoms with van der Waals surface area (Å²) >= 11 is 5.82. The number of halogens is 1. The van der Waals surface area contributed by atoms with Gasteiger partial charge in [0.2, 0.25) is 0 Å². The second-order valence-corrected chi connectivity index (χ2v) is 6.95. The Morgan fingerprint density at radius 1 is 1.23 bits per heavy atom. The fourth-order valence-corrected chi connectivity index (χ4v) is 2.62. The standard InChI is InChI=1S/C15H23ClN4O2/c1-15(2,3)22-14(21)19-11-6-4-10(5-7-11)18-13-9-17-8-12(16)20-13/h8-11H,4-7H2,1-3H3,(H,18,20)(H,19,21). The second kappa shape index (κ2) is 7.13. The minimum Gasteiger partial charge on any atom is -0.444 e. The van der Waals surface area contributed by atoms with E-state index >= 15 is 0 Å². The molecule has 1 heterocycles. The van der Waals surface area contributed by atoms with Gasteiger partial charge in [-0.2, -0.15) is 0 Å². The van der Waals surface area contributed by atoms with Crippen LogP contribution in [0.2, 0.25) is 5.15 Å². The van der Waals surface area contributed by atoms with Crippen LogP contribution in [-0.2, 0) is 4.74 Å². The molecule has 1 fully saturated rings. The van der Waals surface area contributed by atoms with E-state index in [1.807, 2.05) is 20.8 Å². The van der Waals surface area contributed by atoms with Gasteiger partial charge in [-0.25, -0.2) is 9.78 Å². The molecule has 2 N–H and O–H groups in total. The topological polar surface area (TPSA) is 76.1 Å². The van der Waals surface area contributed by atoms with Crippen molar-refractivity contribution in [3.63, 3.8) is 0 Å². The molecule has 1 aromatic heterocycles. The van der Waals surface area contributed by atoms with Crippen LogP contribution in [0, 0.1) is 0 Å². The van der Waals surface area contributed by atoms with Crippen molar-refractivity contribution in [3.05, 3.63) is 17.5 Å². The van der Waals surface area contributed by atoms with Gasteiger partial charge in [0.25, 0.3) is 0 Å². The van der Waals surface area contributed by atoms with Gasteiger partial charge >= 0.3 is 6.09 Å². The summed E-state index contributed by atoms with van der Waals surface area (Å²) in [5.41, 5.74) is -0.464. The van der Waals surface area contributed by atoms with Crippen molar-refractivity contribution in [1.82, 2.24) is 15.3 Å². The van der Waals surface area contributed by atoms with Gasteiger partial charge in [0.15, 0.2) is 0 Å². The van der Waals surface area contributed by atoms with Crippen LogP contribution < -0.4 is 10.6 Å². The van der Waals surface area contributed by atoms with E-state index in [-0.39, 0.29) is 12.1 Å². The molecular weight excluding hydrogens is 304 g/mol. The number of alkyl carbamates (subject to hydrolysis) is 1. The average molecular weight is 327 g/mol. The SMILES string of the molecule is CC(C)(C)OC(=O)NC1CCC(Nc2cncc(Cl)n2)CC1. The molecule has 6 nitrogen and oxygen atoms in total. The third-order valence-electron chi connectivity index (χ3n) is 3.41. The molecule has 7 heteroatoms. The van der Waals surface area contributed by atoms with Crippen molar-refractivity contribution < 1.29 is 9.53 Å². The monoisotopic (exact) mass is 326 g/mol. The summed E-state index contributed by atoms with van der Waals surface area (Å²) in [5, 5.41) is 6.64. The summed E-state index contributed by atoms with van der Waals surface area (Å²) < 4.78 is 5.28. The largest absolute Gasteiger partial charge is 0.444 e. The Bertz CT molecular complexity index is 511. The Labute approximate surface area is 136 Å².